The molecular weight excluding hydrogens is 210 g/mol. The molecule has 4 fully saturated rings. The van der Waals surface area contributed by atoms with Gasteiger partial charge in [0.25, 0.3) is 0 Å². The van der Waals surface area contributed by atoms with E-state index in [0.29, 0.717) is 12.3 Å². The monoisotopic (exact) mass is 229 g/mol. The molecule has 0 saturated heterocycles. The highest BCUT2D eigenvalue weighted by molar-refractivity contribution is 5.48. The number of allylic oxidation sites excluding steroid dienone is 2. The number of rotatable bonds is 3. The lowest BCUT2D eigenvalue weighted by Gasteiger charge is -2.65. The Balaban J connectivity index is 1.50. The summed E-state index contributed by atoms with van der Waals surface area (Å²) in [6.45, 7) is 4.27. The molecule has 0 aromatic rings. The van der Waals surface area contributed by atoms with Gasteiger partial charge in [0, 0.05) is 6.54 Å². The first-order valence-electron chi connectivity index (χ1n) is 6.73. The highest BCUT2D eigenvalue weighted by atomic mass is 16.3. The van der Waals surface area contributed by atoms with Gasteiger partial charge in [-0.1, -0.05) is 12.7 Å². The molecule has 5 unspecified atom stereocenters. The Bertz CT molecular complexity index is 438. The molecule has 4 saturated carbocycles. The smallest absolute Gasteiger partial charge is 0.115 e. The highest BCUT2D eigenvalue weighted by Gasteiger charge is 2.78. The van der Waals surface area contributed by atoms with E-state index in [1.165, 1.54) is 18.4 Å². The first-order chi connectivity index (χ1) is 8.24. The Hall–Kier alpha value is -1.02. The van der Waals surface area contributed by atoms with Crippen molar-refractivity contribution in [2.45, 2.75) is 12.8 Å². The largest absolute Gasteiger partial charge is 0.508 e. The molecular formula is C15H19NO. The third kappa shape index (κ3) is 1.05. The van der Waals surface area contributed by atoms with Gasteiger partial charge in [-0.3, -0.25) is 0 Å². The van der Waals surface area contributed by atoms with E-state index in [9.17, 15) is 5.11 Å². The molecule has 0 amide bonds. The maximum atomic E-state index is 10.1. The average molecular weight is 229 g/mol. The van der Waals surface area contributed by atoms with Crippen molar-refractivity contribution in [2.24, 2.45) is 41.2 Å². The summed E-state index contributed by atoms with van der Waals surface area (Å²) < 4.78 is 0. The fourth-order valence-corrected chi connectivity index (χ4v) is 4.70. The van der Waals surface area contributed by atoms with E-state index in [2.05, 4.69) is 6.58 Å². The van der Waals surface area contributed by atoms with Gasteiger partial charge in [-0.15, -0.1) is 0 Å². The van der Waals surface area contributed by atoms with E-state index in [0.717, 1.165) is 41.1 Å². The van der Waals surface area contributed by atoms with Crippen LogP contribution in [0.1, 0.15) is 12.8 Å². The number of aliphatic hydroxyl groups excluding tert-OH is 1. The Kier molecular flexibility index (Phi) is 1.79. The van der Waals surface area contributed by atoms with Crippen molar-refractivity contribution >= 4 is 0 Å². The summed E-state index contributed by atoms with van der Waals surface area (Å²) in [5, 5.41) is 10.1. The minimum Gasteiger partial charge on any atom is -0.508 e. The van der Waals surface area contributed by atoms with Crippen LogP contribution >= 0.6 is 0 Å². The summed E-state index contributed by atoms with van der Waals surface area (Å²) in [7, 11) is 0. The molecule has 4 aliphatic carbocycles. The maximum absolute atomic E-state index is 10.1. The molecule has 17 heavy (non-hydrogen) atoms. The van der Waals surface area contributed by atoms with E-state index in [1.807, 2.05) is 6.08 Å². The van der Waals surface area contributed by atoms with Gasteiger partial charge < -0.3 is 10.8 Å². The minimum absolute atomic E-state index is 0.460. The van der Waals surface area contributed by atoms with Crippen LogP contribution in [0.4, 0.5) is 0 Å². The van der Waals surface area contributed by atoms with Crippen LogP contribution < -0.4 is 5.73 Å². The molecule has 3 N–H and O–H groups in total. The van der Waals surface area contributed by atoms with Crippen LogP contribution in [0.25, 0.3) is 0 Å². The van der Waals surface area contributed by atoms with Gasteiger partial charge >= 0.3 is 0 Å². The predicted molar refractivity (Wildman–Crippen MR) is 67.2 cm³/mol. The second-order valence-electron chi connectivity index (χ2n) is 6.15. The SMILES string of the molecule is C=C(/C=C\C(O)=C1\C2C1[C@H]1C3CCC3C21)CN. The van der Waals surface area contributed by atoms with Crippen molar-refractivity contribution in [3.63, 3.8) is 0 Å². The average Bonchev–Trinajstić information content (AvgIpc) is 2.96. The van der Waals surface area contributed by atoms with Gasteiger partial charge in [0.2, 0.25) is 0 Å². The third-order valence-electron chi connectivity index (χ3n) is 5.68. The highest BCUT2D eigenvalue weighted by Crippen LogP contribution is 2.83. The lowest BCUT2D eigenvalue weighted by Crippen LogP contribution is -2.60. The van der Waals surface area contributed by atoms with Gasteiger partial charge in [-0.05, 0) is 65.6 Å². The second kappa shape index (κ2) is 3.05. The summed E-state index contributed by atoms with van der Waals surface area (Å²) in [6.07, 6.45) is 6.53. The van der Waals surface area contributed by atoms with Gasteiger partial charge in [0.15, 0.2) is 0 Å². The first kappa shape index (κ1) is 9.95. The van der Waals surface area contributed by atoms with Crippen molar-refractivity contribution in [3.05, 3.63) is 35.6 Å². The number of fused-ring (bicyclic) bond motifs is 7. The molecule has 4 rings (SSSR count). The molecule has 0 radical (unpaired) electrons. The standard InChI is InChI=1S/C15H19NO/c1-7(6-16)2-5-10(17)13-14-11-8-3-4-9(8)12(11)15(13)14/h2,5,8-9,11-12,14-15,17H,1,3-4,6,16H2/b5-2-,13-10-/t8?,9?,11-,12?,14?,15?/m0/s1. The summed E-state index contributed by atoms with van der Waals surface area (Å²) >= 11 is 0. The lowest BCUT2D eigenvalue weighted by molar-refractivity contribution is -0.174. The van der Waals surface area contributed by atoms with Crippen LogP contribution in [0.3, 0.4) is 0 Å². The second-order valence-corrected chi connectivity index (χ2v) is 6.15. The molecule has 0 spiro atoms. The zero-order valence-electron chi connectivity index (χ0n) is 9.97. The zero-order chi connectivity index (χ0) is 11.7. The molecule has 0 aliphatic heterocycles. The number of nitrogens with two attached hydrogens (primary N) is 1. The Labute approximate surface area is 102 Å². The van der Waals surface area contributed by atoms with E-state index >= 15 is 0 Å². The van der Waals surface area contributed by atoms with Crippen molar-refractivity contribution in [3.8, 4) is 0 Å². The van der Waals surface area contributed by atoms with Gasteiger partial charge in [0.05, 0.1) is 0 Å². The summed E-state index contributed by atoms with van der Waals surface area (Å²) in [4.78, 5) is 0. The molecule has 0 aromatic heterocycles. The number of hydrogen-bond donors (Lipinski definition) is 2. The minimum atomic E-state index is 0.460. The van der Waals surface area contributed by atoms with Crippen LogP contribution in [0.2, 0.25) is 0 Å². The molecule has 4 aliphatic rings. The third-order valence-corrected chi connectivity index (χ3v) is 5.68. The number of aliphatic hydroxyl groups is 1. The lowest BCUT2D eigenvalue weighted by atomic mass is 9.39. The molecule has 0 heterocycles. The normalized spacial score (nSPS) is 51.4. The Morgan fingerprint density at radius 3 is 2.29 bits per heavy atom. The van der Waals surface area contributed by atoms with Crippen molar-refractivity contribution in [1.82, 2.24) is 0 Å². The van der Waals surface area contributed by atoms with Crippen molar-refractivity contribution in [2.75, 3.05) is 6.54 Å². The van der Waals surface area contributed by atoms with Gasteiger partial charge in [0.1, 0.15) is 5.76 Å². The molecule has 2 nitrogen and oxygen atoms in total. The van der Waals surface area contributed by atoms with Crippen LogP contribution in [-0.2, 0) is 0 Å². The molecule has 90 valence electrons. The van der Waals surface area contributed by atoms with E-state index < -0.39 is 0 Å². The summed E-state index contributed by atoms with van der Waals surface area (Å²) in [5.41, 5.74) is 7.68. The summed E-state index contributed by atoms with van der Waals surface area (Å²) in [5.74, 6) is 5.94. The van der Waals surface area contributed by atoms with Crippen LogP contribution in [0.15, 0.2) is 35.6 Å². The molecule has 0 aromatic carbocycles. The van der Waals surface area contributed by atoms with Crippen LogP contribution in [0, 0.1) is 35.5 Å². The summed E-state index contributed by atoms with van der Waals surface area (Å²) in [6, 6.07) is 0. The number of hydrogen-bond acceptors (Lipinski definition) is 2. The molecule has 2 heteroatoms. The van der Waals surface area contributed by atoms with E-state index in [1.54, 1.807) is 6.08 Å². The molecule has 6 atom stereocenters. The fraction of sp³-hybridized carbons (Fsp3) is 0.600. The Morgan fingerprint density at radius 2 is 1.82 bits per heavy atom. The zero-order valence-corrected chi connectivity index (χ0v) is 9.97. The van der Waals surface area contributed by atoms with Crippen molar-refractivity contribution in [1.29, 1.82) is 0 Å². The Morgan fingerprint density at radius 1 is 1.24 bits per heavy atom. The topological polar surface area (TPSA) is 46.2 Å². The van der Waals surface area contributed by atoms with Crippen LogP contribution in [-0.4, -0.2) is 11.7 Å². The van der Waals surface area contributed by atoms with Gasteiger partial charge in [-0.2, -0.15) is 0 Å². The first-order valence-corrected chi connectivity index (χ1v) is 6.73. The quantitative estimate of drug-likeness (QED) is 0.576. The van der Waals surface area contributed by atoms with Crippen molar-refractivity contribution < 1.29 is 5.11 Å². The van der Waals surface area contributed by atoms with E-state index in [-0.39, 0.29) is 0 Å². The maximum Gasteiger partial charge on any atom is 0.115 e. The fourth-order valence-electron chi connectivity index (χ4n) is 4.70. The van der Waals surface area contributed by atoms with E-state index in [4.69, 9.17) is 5.73 Å². The predicted octanol–water partition coefficient (Wildman–Crippen LogP) is 2.40. The molecule has 0 bridgehead atoms. The van der Waals surface area contributed by atoms with Crippen LogP contribution in [0.5, 0.6) is 0 Å². The van der Waals surface area contributed by atoms with Gasteiger partial charge in [-0.25, -0.2) is 0 Å².